The fourth-order valence-electron chi connectivity index (χ4n) is 2.79. The Morgan fingerprint density at radius 1 is 1.47 bits per heavy atom. The second-order valence-electron chi connectivity index (χ2n) is 6.59. The van der Waals surface area contributed by atoms with Gasteiger partial charge in [0.1, 0.15) is 0 Å². The topological polar surface area (TPSA) is 55.8 Å². The van der Waals surface area contributed by atoms with Crippen molar-refractivity contribution in [2.45, 2.75) is 58.3 Å². The molecule has 0 aromatic heterocycles. The Labute approximate surface area is 102 Å². The predicted octanol–water partition coefficient (Wildman–Crippen LogP) is 1.50. The molecule has 4 heteroatoms. The lowest BCUT2D eigenvalue weighted by Crippen LogP contribution is -2.49. The van der Waals surface area contributed by atoms with Crippen LogP contribution in [0.3, 0.4) is 0 Å². The Morgan fingerprint density at radius 3 is 2.71 bits per heavy atom. The molecule has 1 saturated carbocycles. The van der Waals surface area contributed by atoms with E-state index in [1.165, 1.54) is 0 Å². The Hall–Kier alpha value is -0.610. The highest BCUT2D eigenvalue weighted by molar-refractivity contribution is 5.74. The van der Waals surface area contributed by atoms with E-state index in [2.05, 4.69) is 0 Å². The first-order valence-electron chi connectivity index (χ1n) is 6.24. The van der Waals surface area contributed by atoms with Crippen molar-refractivity contribution in [3.63, 3.8) is 0 Å². The first-order valence-corrected chi connectivity index (χ1v) is 6.24. The zero-order valence-electron chi connectivity index (χ0n) is 11.0. The van der Waals surface area contributed by atoms with Gasteiger partial charge in [-0.3, -0.25) is 4.79 Å². The van der Waals surface area contributed by atoms with Gasteiger partial charge in [0.2, 0.25) is 0 Å². The molecular formula is C13H22O4. The molecule has 0 amide bonds. The van der Waals surface area contributed by atoms with Crippen LogP contribution in [0, 0.1) is 11.3 Å². The molecule has 2 heterocycles. The van der Waals surface area contributed by atoms with Gasteiger partial charge in [-0.1, -0.05) is 6.92 Å². The number of carbonyl (C=O) groups excluding carboxylic acids is 1. The van der Waals surface area contributed by atoms with E-state index in [9.17, 15) is 9.90 Å². The monoisotopic (exact) mass is 242 g/mol. The standard InChI is InChI=1S/C13H22O4/c1-12(2,3)17-10-5-8-9(14)6-13(10,4)7-16-11(8)15/h8-10,14H,5-7H2,1-4H3/t8-,9+,10-,13-/m0/s1. The fourth-order valence-corrected chi connectivity index (χ4v) is 2.79. The Bertz CT molecular complexity index is 320. The first-order chi connectivity index (χ1) is 7.71. The second-order valence-corrected chi connectivity index (χ2v) is 6.59. The van der Waals surface area contributed by atoms with Crippen LogP contribution in [0.25, 0.3) is 0 Å². The molecule has 0 aromatic carbocycles. The van der Waals surface area contributed by atoms with Crippen LogP contribution in [-0.2, 0) is 14.3 Å². The van der Waals surface area contributed by atoms with Crippen LogP contribution in [-0.4, -0.2) is 35.5 Å². The van der Waals surface area contributed by atoms with Crippen molar-refractivity contribution in [2.24, 2.45) is 11.3 Å². The maximum absolute atomic E-state index is 11.7. The molecule has 4 nitrogen and oxygen atoms in total. The summed E-state index contributed by atoms with van der Waals surface area (Å²) in [6.45, 7) is 8.40. The number of aliphatic hydroxyl groups excluding tert-OH is 1. The van der Waals surface area contributed by atoms with Gasteiger partial charge < -0.3 is 14.6 Å². The minimum absolute atomic E-state index is 0.0256. The van der Waals surface area contributed by atoms with Crippen LogP contribution >= 0.6 is 0 Å². The van der Waals surface area contributed by atoms with E-state index in [1.54, 1.807) is 0 Å². The van der Waals surface area contributed by atoms with Crippen LogP contribution in [0.1, 0.15) is 40.5 Å². The average molecular weight is 242 g/mol. The third-order valence-electron chi connectivity index (χ3n) is 3.73. The van der Waals surface area contributed by atoms with Gasteiger partial charge in [-0.2, -0.15) is 0 Å². The van der Waals surface area contributed by atoms with E-state index >= 15 is 0 Å². The molecule has 3 fully saturated rings. The van der Waals surface area contributed by atoms with Crippen molar-refractivity contribution in [1.29, 1.82) is 0 Å². The average Bonchev–Trinajstić information content (AvgIpc) is 2.32. The maximum Gasteiger partial charge on any atom is 0.311 e. The highest BCUT2D eigenvalue weighted by Crippen LogP contribution is 2.45. The van der Waals surface area contributed by atoms with E-state index in [0.29, 0.717) is 19.4 Å². The molecule has 4 atom stereocenters. The van der Waals surface area contributed by atoms with Gasteiger partial charge in [0.25, 0.3) is 0 Å². The number of rotatable bonds is 1. The number of hydrogen-bond donors (Lipinski definition) is 1. The third-order valence-corrected chi connectivity index (χ3v) is 3.73. The number of esters is 1. The summed E-state index contributed by atoms with van der Waals surface area (Å²) >= 11 is 0. The molecule has 0 spiro atoms. The van der Waals surface area contributed by atoms with Crippen molar-refractivity contribution in [3.8, 4) is 0 Å². The SMILES string of the molecule is CC(C)(C)O[C@H]1C[C@@H]2C(=O)OC[C@]1(C)C[C@H]2O. The summed E-state index contributed by atoms with van der Waals surface area (Å²) in [6, 6.07) is 0. The third kappa shape index (κ3) is 2.47. The number of hydrogen-bond acceptors (Lipinski definition) is 4. The molecule has 0 radical (unpaired) electrons. The van der Waals surface area contributed by atoms with E-state index in [-0.39, 0.29) is 23.1 Å². The first kappa shape index (κ1) is 12.8. The van der Waals surface area contributed by atoms with Gasteiger partial charge in [-0.15, -0.1) is 0 Å². The Morgan fingerprint density at radius 2 is 2.12 bits per heavy atom. The summed E-state index contributed by atoms with van der Waals surface area (Å²) in [5, 5.41) is 9.97. The summed E-state index contributed by atoms with van der Waals surface area (Å²) < 4.78 is 11.3. The van der Waals surface area contributed by atoms with Crippen LogP contribution in [0.2, 0.25) is 0 Å². The quantitative estimate of drug-likeness (QED) is 0.708. The van der Waals surface area contributed by atoms with Crippen molar-refractivity contribution in [1.82, 2.24) is 0 Å². The molecular weight excluding hydrogens is 220 g/mol. The van der Waals surface area contributed by atoms with Gasteiger partial charge in [-0.05, 0) is 33.6 Å². The summed E-state index contributed by atoms with van der Waals surface area (Å²) in [7, 11) is 0. The molecule has 1 aliphatic carbocycles. The summed E-state index contributed by atoms with van der Waals surface area (Å²) in [4.78, 5) is 11.7. The van der Waals surface area contributed by atoms with Crippen molar-refractivity contribution >= 4 is 5.97 Å². The molecule has 1 N–H and O–H groups in total. The predicted molar refractivity (Wildman–Crippen MR) is 62.4 cm³/mol. The van der Waals surface area contributed by atoms with Crippen molar-refractivity contribution < 1.29 is 19.4 Å². The number of ether oxygens (including phenoxy) is 2. The minimum Gasteiger partial charge on any atom is -0.465 e. The van der Waals surface area contributed by atoms with Gasteiger partial charge in [0.05, 0.1) is 30.3 Å². The van der Waals surface area contributed by atoms with E-state index in [0.717, 1.165) is 0 Å². The Kier molecular flexibility index (Phi) is 2.99. The van der Waals surface area contributed by atoms with E-state index < -0.39 is 12.0 Å². The summed E-state index contributed by atoms with van der Waals surface area (Å²) in [5.74, 6) is -0.695. The molecule has 98 valence electrons. The fraction of sp³-hybridized carbons (Fsp3) is 0.923. The van der Waals surface area contributed by atoms with Gasteiger partial charge in [0.15, 0.2) is 0 Å². The second kappa shape index (κ2) is 3.95. The molecule has 3 aliphatic rings. The van der Waals surface area contributed by atoms with Crippen molar-refractivity contribution in [2.75, 3.05) is 6.61 Å². The normalized spacial score (nSPS) is 42.2. The van der Waals surface area contributed by atoms with Crippen molar-refractivity contribution in [3.05, 3.63) is 0 Å². The number of carbonyl (C=O) groups is 1. The molecule has 3 rings (SSSR count). The molecule has 2 saturated heterocycles. The minimum atomic E-state index is -0.588. The van der Waals surface area contributed by atoms with Gasteiger partial charge in [0, 0.05) is 5.41 Å². The van der Waals surface area contributed by atoms with E-state index in [4.69, 9.17) is 9.47 Å². The molecule has 0 unspecified atom stereocenters. The highest BCUT2D eigenvalue weighted by atomic mass is 16.5. The number of fused-ring (bicyclic) bond motifs is 4. The zero-order chi connectivity index (χ0) is 12.8. The Balaban J connectivity index is 2.23. The zero-order valence-corrected chi connectivity index (χ0v) is 11.0. The molecule has 2 bridgehead atoms. The lowest BCUT2D eigenvalue weighted by molar-refractivity contribution is -0.156. The van der Waals surface area contributed by atoms with Crippen LogP contribution in [0.5, 0.6) is 0 Å². The lowest BCUT2D eigenvalue weighted by Gasteiger charge is -2.44. The van der Waals surface area contributed by atoms with Crippen LogP contribution < -0.4 is 0 Å². The van der Waals surface area contributed by atoms with Gasteiger partial charge >= 0.3 is 5.97 Å². The summed E-state index contributed by atoms with van der Waals surface area (Å²) in [5.41, 5.74) is -0.512. The largest absolute Gasteiger partial charge is 0.465 e. The molecule has 2 aliphatic heterocycles. The van der Waals surface area contributed by atoms with E-state index in [1.807, 2.05) is 27.7 Å². The number of aliphatic hydroxyl groups is 1. The van der Waals surface area contributed by atoms with Crippen LogP contribution in [0.15, 0.2) is 0 Å². The molecule has 17 heavy (non-hydrogen) atoms. The smallest absolute Gasteiger partial charge is 0.311 e. The highest BCUT2D eigenvalue weighted by Gasteiger charge is 2.52. The summed E-state index contributed by atoms with van der Waals surface area (Å²) in [6.07, 6.45) is 0.523. The maximum atomic E-state index is 11.7. The lowest BCUT2D eigenvalue weighted by atomic mass is 9.69. The van der Waals surface area contributed by atoms with Crippen LogP contribution in [0.4, 0.5) is 0 Å². The molecule has 0 aromatic rings. The van der Waals surface area contributed by atoms with Gasteiger partial charge in [-0.25, -0.2) is 0 Å².